The van der Waals surface area contributed by atoms with Crippen LogP contribution >= 0.6 is 0 Å². The van der Waals surface area contributed by atoms with Crippen LogP contribution in [-0.2, 0) is 21.2 Å². The molecule has 0 spiro atoms. The van der Waals surface area contributed by atoms with Gasteiger partial charge in [-0.1, -0.05) is 18.2 Å². The highest BCUT2D eigenvalue weighted by atomic mass is 32.2. The highest BCUT2D eigenvalue weighted by molar-refractivity contribution is 7.89. The van der Waals surface area contributed by atoms with Gasteiger partial charge in [-0.2, -0.15) is 4.72 Å². The minimum Gasteiger partial charge on any atom is -0.490 e. The van der Waals surface area contributed by atoms with Crippen LogP contribution < -0.4 is 9.46 Å². The summed E-state index contributed by atoms with van der Waals surface area (Å²) in [5.74, 6) is -1.48. The molecule has 0 amide bonds. The lowest BCUT2D eigenvalue weighted by Crippen LogP contribution is -2.42. The molecule has 1 unspecified atom stereocenters. The summed E-state index contributed by atoms with van der Waals surface area (Å²) in [5.41, 5.74) is 0.871. The lowest BCUT2D eigenvalue weighted by atomic mass is 10.1. The van der Waals surface area contributed by atoms with Crippen molar-refractivity contribution in [2.24, 2.45) is 0 Å². The van der Waals surface area contributed by atoms with E-state index in [0.717, 1.165) is 29.1 Å². The number of nitro benzene ring substituents is 1. The van der Waals surface area contributed by atoms with Gasteiger partial charge < -0.3 is 14.8 Å². The van der Waals surface area contributed by atoms with Crippen LogP contribution in [0.25, 0.3) is 10.9 Å². The summed E-state index contributed by atoms with van der Waals surface area (Å²) >= 11 is 0. The molecule has 0 aliphatic rings. The minimum absolute atomic E-state index is 0.109. The van der Waals surface area contributed by atoms with E-state index in [1.54, 1.807) is 18.3 Å². The first kappa shape index (κ1) is 20.3. The molecule has 0 saturated carbocycles. The van der Waals surface area contributed by atoms with E-state index >= 15 is 0 Å². The van der Waals surface area contributed by atoms with Crippen molar-refractivity contribution in [2.75, 3.05) is 7.11 Å². The number of benzene rings is 2. The fourth-order valence-electron chi connectivity index (χ4n) is 2.93. The van der Waals surface area contributed by atoms with Crippen LogP contribution in [0.3, 0.4) is 0 Å². The summed E-state index contributed by atoms with van der Waals surface area (Å²) in [7, 11) is -3.12. The second kappa shape index (κ2) is 7.89. The Morgan fingerprint density at radius 2 is 2.03 bits per heavy atom. The molecule has 29 heavy (non-hydrogen) atoms. The zero-order valence-corrected chi connectivity index (χ0v) is 16.0. The Kier molecular flexibility index (Phi) is 5.52. The van der Waals surface area contributed by atoms with Crippen LogP contribution in [-0.4, -0.2) is 42.6 Å². The highest BCUT2D eigenvalue weighted by Crippen LogP contribution is 2.29. The molecule has 3 rings (SSSR count). The maximum atomic E-state index is 12.7. The predicted octanol–water partition coefficient (Wildman–Crippen LogP) is 2.06. The number of methoxy groups -OCH3 is 1. The lowest BCUT2D eigenvalue weighted by Gasteiger charge is -2.15. The number of H-pyrrole nitrogens is 1. The lowest BCUT2D eigenvalue weighted by molar-refractivity contribution is -0.386. The third-order valence-electron chi connectivity index (χ3n) is 4.35. The molecule has 0 bridgehead atoms. The molecular weight excluding hydrogens is 402 g/mol. The SMILES string of the molecule is COc1ccc(S(=O)(=O)NC(Cc2c[nH]c3ccccc23)C(=O)O)cc1[N+](=O)[O-]. The molecule has 1 atom stereocenters. The smallest absolute Gasteiger partial charge is 0.322 e. The quantitative estimate of drug-likeness (QED) is 0.373. The second-order valence-electron chi connectivity index (χ2n) is 6.17. The first-order valence-electron chi connectivity index (χ1n) is 8.35. The molecule has 3 N–H and O–H groups in total. The number of para-hydroxylation sites is 1. The molecule has 1 heterocycles. The van der Waals surface area contributed by atoms with E-state index in [0.29, 0.717) is 5.56 Å². The molecule has 1 aromatic heterocycles. The summed E-state index contributed by atoms with van der Waals surface area (Å²) < 4.78 is 32.3. The Morgan fingerprint density at radius 3 is 2.69 bits per heavy atom. The van der Waals surface area contributed by atoms with E-state index in [9.17, 15) is 28.4 Å². The molecule has 0 radical (unpaired) electrons. The number of carbonyl (C=O) groups is 1. The van der Waals surface area contributed by atoms with Crippen molar-refractivity contribution in [2.45, 2.75) is 17.4 Å². The van der Waals surface area contributed by atoms with Crippen LogP contribution in [0.4, 0.5) is 5.69 Å². The number of hydrogen-bond acceptors (Lipinski definition) is 6. The van der Waals surface area contributed by atoms with Gasteiger partial charge in [-0.05, 0) is 23.8 Å². The molecular formula is C18H17N3O7S. The molecule has 0 aliphatic heterocycles. The number of sulfonamides is 1. The molecule has 2 aromatic carbocycles. The number of rotatable bonds is 8. The summed E-state index contributed by atoms with van der Waals surface area (Å²) in [4.78, 5) is 24.6. The molecule has 0 aliphatic carbocycles. The van der Waals surface area contributed by atoms with E-state index in [1.807, 2.05) is 12.1 Å². The van der Waals surface area contributed by atoms with Crippen molar-refractivity contribution in [1.82, 2.24) is 9.71 Å². The zero-order chi connectivity index (χ0) is 21.2. The highest BCUT2D eigenvalue weighted by Gasteiger charge is 2.28. The van der Waals surface area contributed by atoms with Crippen LogP contribution in [0.5, 0.6) is 5.75 Å². The van der Waals surface area contributed by atoms with Gasteiger partial charge in [0.1, 0.15) is 6.04 Å². The summed E-state index contributed by atoms with van der Waals surface area (Å²) in [6.07, 6.45) is 1.50. The summed E-state index contributed by atoms with van der Waals surface area (Å²) in [5, 5.41) is 21.4. The van der Waals surface area contributed by atoms with Crippen molar-refractivity contribution in [3.8, 4) is 5.75 Å². The number of aliphatic carboxylic acids is 1. The maximum Gasteiger partial charge on any atom is 0.322 e. The molecule has 0 fully saturated rings. The maximum absolute atomic E-state index is 12.7. The topological polar surface area (TPSA) is 152 Å². The van der Waals surface area contributed by atoms with Crippen LogP contribution in [0.1, 0.15) is 5.56 Å². The van der Waals surface area contributed by atoms with Gasteiger partial charge in [0.25, 0.3) is 0 Å². The van der Waals surface area contributed by atoms with E-state index in [2.05, 4.69) is 9.71 Å². The number of ether oxygens (including phenoxy) is 1. The average molecular weight is 419 g/mol. The van der Waals surface area contributed by atoms with Gasteiger partial charge in [0.2, 0.25) is 10.0 Å². The predicted molar refractivity (Wildman–Crippen MR) is 103 cm³/mol. The number of fused-ring (bicyclic) bond motifs is 1. The first-order chi connectivity index (χ1) is 13.7. The van der Waals surface area contributed by atoms with Gasteiger partial charge in [0.05, 0.1) is 16.9 Å². The normalized spacial score (nSPS) is 12.6. The first-order valence-corrected chi connectivity index (χ1v) is 9.84. The number of carboxylic acids is 1. The van der Waals surface area contributed by atoms with Gasteiger partial charge in [-0.15, -0.1) is 0 Å². The van der Waals surface area contributed by atoms with Gasteiger partial charge >= 0.3 is 11.7 Å². The number of nitrogens with one attached hydrogen (secondary N) is 2. The third-order valence-corrected chi connectivity index (χ3v) is 5.82. The van der Waals surface area contributed by atoms with Gasteiger partial charge in [-0.25, -0.2) is 8.42 Å². The number of aromatic nitrogens is 1. The summed E-state index contributed by atoms with van der Waals surface area (Å²) in [6.45, 7) is 0. The minimum atomic E-state index is -4.34. The molecule has 3 aromatic rings. The summed E-state index contributed by atoms with van der Waals surface area (Å²) in [6, 6.07) is 8.82. The number of hydrogen-bond donors (Lipinski definition) is 3. The molecule has 0 saturated heterocycles. The zero-order valence-electron chi connectivity index (χ0n) is 15.2. The Balaban J connectivity index is 1.91. The van der Waals surface area contributed by atoms with Crippen molar-refractivity contribution >= 4 is 32.6 Å². The molecule has 152 valence electrons. The van der Waals surface area contributed by atoms with Crippen molar-refractivity contribution in [3.05, 3.63) is 64.3 Å². The van der Waals surface area contributed by atoms with Gasteiger partial charge in [0.15, 0.2) is 5.75 Å². The number of nitrogens with zero attached hydrogens (tertiary/aromatic N) is 1. The number of carboxylic acid groups (broad SMARTS) is 1. The Bertz CT molecular complexity index is 1190. The second-order valence-corrected chi connectivity index (χ2v) is 7.88. The number of nitro groups is 1. The Labute approximate surface area is 165 Å². The van der Waals surface area contributed by atoms with Gasteiger partial charge in [-0.3, -0.25) is 14.9 Å². The Morgan fingerprint density at radius 1 is 1.31 bits per heavy atom. The van der Waals surface area contributed by atoms with Crippen LogP contribution in [0, 0.1) is 10.1 Å². The van der Waals surface area contributed by atoms with E-state index in [4.69, 9.17) is 4.74 Å². The fraction of sp³-hybridized carbons (Fsp3) is 0.167. The average Bonchev–Trinajstić information content (AvgIpc) is 3.09. The fourth-order valence-corrected chi connectivity index (χ4v) is 4.14. The largest absolute Gasteiger partial charge is 0.490 e. The van der Waals surface area contributed by atoms with E-state index < -0.39 is 37.5 Å². The van der Waals surface area contributed by atoms with E-state index in [1.165, 1.54) is 7.11 Å². The molecule has 10 nitrogen and oxygen atoms in total. The van der Waals surface area contributed by atoms with Crippen LogP contribution in [0.2, 0.25) is 0 Å². The monoisotopic (exact) mass is 419 g/mol. The van der Waals surface area contributed by atoms with Gasteiger partial charge in [0, 0.05) is 29.6 Å². The standard InChI is InChI=1S/C18H17N3O7S/c1-28-17-7-6-12(9-16(17)21(24)25)29(26,27)20-15(18(22)23)8-11-10-19-14-5-3-2-4-13(11)14/h2-7,9-10,15,19-20H,8H2,1H3,(H,22,23). The third kappa shape index (κ3) is 4.20. The van der Waals surface area contributed by atoms with Crippen molar-refractivity contribution in [3.63, 3.8) is 0 Å². The van der Waals surface area contributed by atoms with Crippen molar-refractivity contribution in [1.29, 1.82) is 0 Å². The Hall–Kier alpha value is -3.44. The van der Waals surface area contributed by atoms with Crippen LogP contribution in [0.15, 0.2) is 53.6 Å². The van der Waals surface area contributed by atoms with Crippen molar-refractivity contribution < 1.29 is 28.0 Å². The molecule has 11 heteroatoms. The van der Waals surface area contributed by atoms with E-state index in [-0.39, 0.29) is 12.2 Å². The number of aromatic amines is 1.